The topological polar surface area (TPSA) is 75.2 Å². The van der Waals surface area contributed by atoms with E-state index in [4.69, 9.17) is 18.0 Å². The van der Waals surface area contributed by atoms with Crippen molar-refractivity contribution >= 4 is 39.6 Å². The fourth-order valence-electron chi connectivity index (χ4n) is 5.19. The largest absolute Gasteiger partial charge is 0.376 e. The van der Waals surface area contributed by atoms with Gasteiger partial charge in [-0.05, 0) is 85.7 Å². The van der Waals surface area contributed by atoms with Crippen molar-refractivity contribution < 1.29 is 0 Å². The number of nitrogens with one attached hydrogen (secondary N) is 1. The minimum atomic E-state index is 0.258. The van der Waals surface area contributed by atoms with Gasteiger partial charge in [-0.15, -0.1) is 0 Å². The van der Waals surface area contributed by atoms with Gasteiger partial charge in [-0.1, -0.05) is 42.5 Å². The average Bonchev–Trinajstić information content (AvgIpc) is 3.22. The molecule has 5 aromatic rings. The Bertz CT molecular complexity index is 1640. The van der Waals surface area contributed by atoms with E-state index in [0.29, 0.717) is 0 Å². The highest BCUT2D eigenvalue weighted by atomic mass is 32.1. The molecule has 0 saturated heterocycles. The molecule has 0 fully saturated rings. The zero-order chi connectivity index (χ0) is 28.2. The van der Waals surface area contributed by atoms with E-state index in [1.54, 1.807) is 6.20 Å². The Morgan fingerprint density at radius 2 is 1.73 bits per heavy atom. The van der Waals surface area contributed by atoms with Crippen LogP contribution in [0.2, 0.25) is 0 Å². The molecule has 0 atom stereocenters. The maximum atomic E-state index is 5.80. The molecule has 5 rings (SSSR count). The molecule has 0 amide bonds. The third kappa shape index (κ3) is 5.98. The van der Waals surface area contributed by atoms with Crippen molar-refractivity contribution in [2.45, 2.75) is 19.9 Å². The first-order chi connectivity index (χ1) is 19.3. The monoisotopic (exact) mass is 549 g/mol. The fourth-order valence-corrected chi connectivity index (χ4v) is 5.30. The Balaban J connectivity index is 1.49. The van der Waals surface area contributed by atoms with Gasteiger partial charge in [0.25, 0.3) is 0 Å². The number of anilines is 2. The first kappa shape index (κ1) is 27.3. The molecule has 0 bridgehead atoms. The van der Waals surface area contributed by atoms with E-state index in [0.717, 1.165) is 47.8 Å². The highest BCUT2D eigenvalue weighted by molar-refractivity contribution is 7.80. The summed E-state index contributed by atoms with van der Waals surface area (Å²) in [5.41, 5.74) is 15.9. The van der Waals surface area contributed by atoms with Crippen molar-refractivity contribution in [2.75, 3.05) is 37.9 Å². The molecule has 7 nitrogen and oxygen atoms in total. The van der Waals surface area contributed by atoms with Crippen LogP contribution in [-0.2, 0) is 13.0 Å². The second-order valence-electron chi connectivity index (χ2n) is 10.3. The summed E-state index contributed by atoms with van der Waals surface area (Å²) in [5.74, 6) is 0. The summed E-state index contributed by atoms with van der Waals surface area (Å²) in [6, 6.07) is 27.6. The van der Waals surface area contributed by atoms with Crippen molar-refractivity contribution in [3.05, 3.63) is 102 Å². The van der Waals surface area contributed by atoms with Gasteiger partial charge >= 0.3 is 0 Å². The smallest absolute Gasteiger partial charge is 0.168 e. The molecule has 0 aliphatic carbocycles. The predicted molar refractivity (Wildman–Crippen MR) is 170 cm³/mol. The van der Waals surface area contributed by atoms with Gasteiger partial charge in [0.2, 0.25) is 0 Å². The molecule has 0 aliphatic rings. The molecule has 0 unspecified atom stereocenters. The van der Waals surface area contributed by atoms with Crippen LogP contribution >= 0.6 is 12.2 Å². The summed E-state index contributed by atoms with van der Waals surface area (Å²) in [7, 11) is 6.15. The van der Waals surface area contributed by atoms with E-state index in [-0.39, 0.29) is 5.11 Å². The van der Waals surface area contributed by atoms with Crippen LogP contribution in [0.3, 0.4) is 0 Å². The molecule has 3 N–H and O–H groups in total. The Labute approximate surface area is 241 Å². The minimum Gasteiger partial charge on any atom is -0.376 e. The van der Waals surface area contributed by atoms with Crippen LogP contribution in [0.15, 0.2) is 85.1 Å². The zero-order valence-electron chi connectivity index (χ0n) is 23.4. The molecule has 0 aliphatic heterocycles. The molecular formula is C32H35N7S. The first-order valence-corrected chi connectivity index (χ1v) is 13.7. The highest BCUT2D eigenvalue weighted by Crippen LogP contribution is 2.33. The highest BCUT2D eigenvalue weighted by Gasteiger charge is 2.17. The molecule has 2 aromatic heterocycles. The molecule has 0 saturated carbocycles. The Kier molecular flexibility index (Phi) is 8.09. The Morgan fingerprint density at radius 1 is 0.950 bits per heavy atom. The molecular weight excluding hydrogens is 514 g/mol. The lowest BCUT2D eigenvalue weighted by molar-refractivity contribution is 0.326. The summed E-state index contributed by atoms with van der Waals surface area (Å²) < 4.78 is 2.35. The number of nitrogens with zero attached hydrogens (tertiary/aromatic N) is 5. The van der Waals surface area contributed by atoms with Gasteiger partial charge in [0.1, 0.15) is 0 Å². The second-order valence-corrected chi connectivity index (χ2v) is 10.8. The van der Waals surface area contributed by atoms with Crippen LogP contribution in [0, 0.1) is 6.92 Å². The number of rotatable bonds is 9. The van der Waals surface area contributed by atoms with Crippen LogP contribution in [0.25, 0.3) is 27.7 Å². The van der Waals surface area contributed by atoms with Crippen LogP contribution in [0.1, 0.15) is 17.0 Å². The minimum absolute atomic E-state index is 0.258. The lowest BCUT2D eigenvalue weighted by Gasteiger charge is -2.18. The van der Waals surface area contributed by atoms with Crippen molar-refractivity contribution in [2.24, 2.45) is 5.73 Å². The lowest BCUT2D eigenvalue weighted by Crippen LogP contribution is -2.22. The SMILES string of the molecule is Cc1c(CCN(C)Cc2cc(N(C)C)cnn2)c2cc(NC(N)=S)ccc2n1-c1cccc(-c2ccccc2)c1. The Hall–Kier alpha value is -4.27. The standard InChI is InChI=1S/C32H35N7S/c1-22-29(15-16-38(4)21-26-18-28(37(2)3)20-34-36-26)30-19-25(35-32(33)40)13-14-31(30)39(22)27-12-8-11-24(17-27)23-9-6-5-7-10-23/h5-14,17-20H,15-16,21H2,1-4H3,(H3,33,35,40). The number of nitrogens with two attached hydrogens (primary N) is 1. The molecule has 204 valence electrons. The molecule has 2 heterocycles. The van der Waals surface area contributed by atoms with E-state index in [1.165, 1.54) is 27.8 Å². The number of fused-ring (bicyclic) bond motifs is 1. The van der Waals surface area contributed by atoms with Crippen molar-refractivity contribution in [3.8, 4) is 16.8 Å². The first-order valence-electron chi connectivity index (χ1n) is 13.3. The maximum Gasteiger partial charge on any atom is 0.168 e. The fraction of sp³-hybridized carbons (Fsp3) is 0.219. The molecule has 0 spiro atoms. The van der Waals surface area contributed by atoms with E-state index in [2.05, 4.69) is 106 Å². The third-order valence-electron chi connectivity index (χ3n) is 7.20. The van der Waals surface area contributed by atoms with Gasteiger partial charge in [-0.2, -0.15) is 10.2 Å². The van der Waals surface area contributed by atoms with Gasteiger partial charge in [-0.3, -0.25) is 0 Å². The normalized spacial score (nSPS) is 11.2. The quantitative estimate of drug-likeness (QED) is 0.225. The number of likely N-dealkylation sites (N-methyl/N-ethyl adjacent to an activating group) is 1. The number of benzene rings is 3. The van der Waals surface area contributed by atoms with Crippen LogP contribution in [-0.4, -0.2) is 52.5 Å². The van der Waals surface area contributed by atoms with E-state index in [9.17, 15) is 0 Å². The zero-order valence-corrected chi connectivity index (χ0v) is 24.2. The van der Waals surface area contributed by atoms with Gasteiger partial charge in [-0.25, -0.2) is 0 Å². The van der Waals surface area contributed by atoms with Gasteiger partial charge in [0, 0.05) is 49.6 Å². The summed E-state index contributed by atoms with van der Waals surface area (Å²) in [4.78, 5) is 4.33. The Morgan fingerprint density at radius 3 is 2.48 bits per heavy atom. The van der Waals surface area contributed by atoms with E-state index < -0.39 is 0 Å². The summed E-state index contributed by atoms with van der Waals surface area (Å²) >= 11 is 5.11. The van der Waals surface area contributed by atoms with Crippen molar-refractivity contribution in [1.29, 1.82) is 0 Å². The van der Waals surface area contributed by atoms with E-state index in [1.807, 2.05) is 31.1 Å². The average molecular weight is 550 g/mol. The van der Waals surface area contributed by atoms with Crippen molar-refractivity contribution in [1.82, 2.24) is 19.7 Å². The van der Waals surface area contributed by atoms with E-state index >= 15 is 0 Å². The predicted octanol–water partition coefficient (Wildman–Crippen LogP) is 5.79. The molecule has 0 radical (unpaired) electrons. The lowest BCUT2D eigenvalue weighted by atomic mass is 10.1. The van der Waals surface area contributed by atoms with Crippen molar-refractivity contribution in [3.63, 3.8) is 0 Å². The van der Waals surface area contributed by atoms with Gasteiger partial charge in [0.05, 0.1) is 23.1 Å². The number of thiocarbonyl (C=S) groups is 1. The van der Waals surface area contributed by atoms with Gasteiger partial charge in [0.15, 0.2) is 5.11 Å². The number of aromatic nitrogens is 3. The molecule has 40 heavy (non-hydrogen) atoms. The summed E-state index contributed by atoms with van der Waals surface area (Å²) in [6.07, 6.45) is 2.66. The maximum absolute atomic E-state index is 5.80. The summed E-state index contributed by atoms with van der Waals surface area (Å²) in [6.45, 7) is 3.79. The molecule has 8 heteroatoms. The van der Waals surface area contributed by atoms with Crippen LogP contribution in [0.5, 0.6) is 0 Å². The summed E-state index contributed by atoms with van der Waals surface area (Å²) in [5, 5.41) is 13.1. The second kappa shape index (κ2) is 11.9. The third-order valence-corrected chi connectivity index (χ3v) is 7.30. The number of hydrogen-bond donors (Lipinski definition) is 2. The number of hydrogen-bond acceptors (Lipinski definition) is 5. The van der Waals surface area contributed by atoms with Crippen LogP contribution < -0.4 is 16.0 Å². The van der Waals surface area contributed by atoms with Gasteiger partial charge < -0.3 is 25.4 Å². The van der Waals surface area contributed by atoms with Crippen LogP contribution in [0.4, 0.5) is 11.4 Å². The molecule has 3 aromatic carbocycles.